The van der Waals surface area contributed by atoms with E-state index in [0.717, 1.165) is 78.5 Å². The van der Waals surface area contributed by atoms with Crippen LogP contribution in [0.2, 0.25) is 0 Å². The predicted octanol–water partition coefficient (Wildman–Crippen LogP) is 12.1. The molecule has 0 saturated heterocycles. The fourth-order valence-electron chi connectivity index (χ4n) is 7.83. The van der Waals surface area contributed by atoms with E-state index in [4.69, 9.17) is 14.4 Å². The number of hydrogen-bond donors (Lipinski definition) is 0. The molecule has 5 heteroatoms. The Morgan fingerprint density at radius 2 is 1.49 bits per heavy atom. The van der Waals surface area contributed by atoms with Crippen LogP contribution < -0.4 is 0 Å². The van der Waals surface area contributed by atoms with Gasteiger partial charge in [-0.25, -0.2) is 9.97 Å². The molecule has 0 bridgehead atoms. The van der Waals surface area contributed by atoms with Crippen LogP contribution in [-0.4, -0.2) is 14.5 Å². The van der Waals surface area contributed by atoms with Gasteiger partial charge >= 0.3 is 0 Å². The lowest BCUT2D eigenvalue weighted by Gasteiger charge is -2.09. The Bertz CT molecular complexity index is 3000. The van der Waals surface area contributed by atoms with E-state index in [2.05, 4.69) is 144 Å². The molecule has 4 nitrogen and oxygen atoms in total. The summed E-state index contributed by atoms with van der Waals surface area (Å²) in [5.41, 5.74) is 10.3. The molecule has 0 saturated carbocycles. The number of furan rings is 1. The molecular weight excluding hydrogens is 619 g/mol. The lowest BCUT2D eigenvalue weighted by molar-refractivity contribution is 0.666. The maximum atomic E-state index is 6.85. The largest absolute Gasteiger partial charge is 0.454 e. The highest BCUT2D eigenvalue weighted by atomic mass is 32.1. The molecule has 0 aliphatic heterocycles. The van der Waals surface area contributed by atoms with Gasteiger partial charge in [-0.15, -0.1) is 11.3 Å². The van der Waals surface area contributed by atoms with Gasteiger partial charge in [-0.05, 0) is 53.9 Å². The van der Waals surface area contributed by atoms with Crippen LogP contribution in [0.1, 0.15) is 16.9 Å². The molecule has 0 unspecified atom stereocenters. The van der Waals surface area contributed by atoms with Crippen molar-refractivity contribution in [3.05, 3.63) is 144 Å². The van der Waals surface area contributed by atoms with E-state index in [1.54, 1.807) is 0 Å². The quantitative estimate of drug-likeness (QED) is 0.192. The Labute approximate surface area is 285 Å². The van der Waals surface area contributed by atoms with Gasteiger partial charge in [-0.3, -0.25) is 0 Å². The molecule has 4 heterocycles. The first-order valence-electron chi connectivity index (χ1n) is 16.7. The molecule has 0 radical (unpaired) electrons. The standard InChI is InChI=1S/C44H27N3OS/c1-2-12-27(13-3-1)40-43-41(33-16-7-9-20-38(33)49-43)46-44(45-40)28-21-23-30-31-17-10-19-36(42(31)48-37(30)25-28)47-34-18-8-6-15-32(34)39-29-14-5-4-11-26(29)22-24-35(39)47/h1-8,10-19,21-25H,9,20H2. The van der Waals surface area contributed by atoms with Gasteiger partial charge in [0, 0.05) is 43.1 Å². The summed E-state index contributed by atoms with van der Waals surface area (Å²) >= 11 is 1.84. The Kier molecular flexibility index (Phi) is 5.63. The van der Waals surface area contributed by atoms with Crippen molar-refractivity contribution in [2.75, 3.05) is 0 Å². The SMILES string of the molecule is C1=Cc2c(sc3c(-c4ccccc4)nc(-c4ccc5c(c4)oc4c(-n6c7ccccc7c7c8ccccc8ccc76)cccc45)nc23)CC1. The zero-order valence-corrected chi connectivity index (χ0v) is 27.2. The van der Waals surface area contributed by atoms with Crippen molar-refractivity contribution in [1.82, 2.24) is 14.5 Å². The number of fused-ring (bicyclic) bond motifs is 11. The molecule has 11 rings (SSSR count). The van der Waals surface area contributed by atoms with Crippen LogP contribution in [0, 0.1) is 0 Å². The molecule has 0 amide bonds. The van der Waals surface area contributed by atoms with Gasteiger partial charge in [-0.2, -0.15) is 0 Å². The topological polar surface area (TPSA) is 43.9 Å². The fourth-order valence-corrected chi connectivity index (χ4v) is 9.08. The van der Waals surface area contributed by atoms with E-state index in [1.165, 1.54) is 32.0 Å². The van der Waals surface area contributed by atoms with Gasteiger partial charge in [0.05, 0.1) is 32.6 Å². The maximum Gasteiger partial charge on any atom is 0.160 e. The lowest BCUT2D eigenvalue weighted by Crippen LogP contribution is -1.95. The number of thiophene rings is 1. The third-order valence-electron chi connectivity index (χ3n) is 10.1. The number of hydrogen-bond acceptors (Lipinski definition) is 4. The van der Waals surface area contributed by atoms with E-state index in [1.807, 2.05) is 11.3 Å². The van der Waals surface area contributed by atoms with E-state index in [0.29, 0.717) is 5.82 Å². The van der Waals surface area contributed by atoms with Gasteiger partial charge in [0.25, 0.3) is 0 Å². The third kappa shape index (κ3) is 3.91. The van der Waals surface area contributed by atoms with Crippen molar-refractivity contribution in [3.63, 3.8) is 0 Å². The van der Waals surface area contributed by atoms with Gasteiger partial charge in [0.2, 0.25) is 0 Å². The van der Waals surface area contributed by atoms with Crippen LogP contribution in [0.3, 0.4) is 0 Å². The summed E-state index contributed by atoms with van der Waals surface area (Å²) in [6.07, 6.45) is 6.61. The molecule has 0 spiro atoms. The highest BCUT2D eigenvalue weighted by Crippen LogP contribution is 2.43. The van der Waals surface area contributed by atoms with Gasteiger partial charge in [0.15, 0.2) is 11.4 Å². The van der Waals surface area contributed by atoms with Crippen LogP contribution in [0.4, 0.5) is 0 Å². The number of aromatic nitrogens is 3. The van der Waals surface area contributed by atoms with Crippen molar-refractivity contribution >= 4 is 82.1 Å². The number of aryl methyl sites for hydroxylation is 1. The molecule has 4 aromatic heterocycles. The second kappa shape index (κ2) is 10.2. The summed E-state index contributed by atoms with van der Waals surface area (Å²) in [5, 5.41) is 7.15. The Hall–Kier alpha value is -6.04. The van der Waals surface area contributed by atoms with Crippen LogP contribution in [-0.2, 0) is 6.42 Å². The molecular formula is C44H27N3OS. The average molecular weight is 646 g/mol. The third-order valence-corrected chi connectivity index (χ3v) is 11.3. The minimum atomic E-state index is 0.711. The van der Waals surface area contributed by atoms with E-state index < -0.39 is 0 Å². The summed E-state index contributed by atoms with van der Waals surface area (Å²) < 4.78 is 10.4. The summed E-state index contributed by atoms with van der Waals surface area (Å²) in [6, 6.07) is 45.2. The second-order valence-corrected chi connectivity index (χ2v) is 13.9. The molecule has 49 heavy (non-hydrogen) atoms. The Balaban J connectivity index is 1.14. The number of para-hydroxylation sites is 2. The van der Waals surface area contributed by atoms with Crippen LogP contribution in [0.25, 0.3) is 99.1 Å². The summed E-state index contributed by atoms with van der Waals surface area (Å²) in [6.45, 7) is 0. The first kappa shape index (κ1) is 27.0. The minimum Gasteiger partial charge on any atom is -0.454 e. The highest BCUT2D eigenvalue weighted by molar-refractivity contribution is 7.19. The monoisotopic (exact) mass is 645 g/mol. The molecule has 0 atom stereocenters. The first-order chi connectivity index (χ1) is 24.3. The number of benzene rings is 6. The van der Waals surface area contributed by atoms with Crippen molar-refractivity contribution in [2.24, 2.45) is 0 Å². The van der Waals surface area contributed by atoms with Gasteiger partial charge in [0.1, 0.15) is 5.58 Å². The lowest BCUT2D eigenvalue weighted by atomic mass is 10.0. The molecule has 230 valence electrons. The van der Waals surface area contributed by atoms with Crippen molar-refractivity contribution < 1.29 is 4.42 Å². The van der Waals surface area contributed by atoms with Crippen LogP contribution in [0.5, 0.6) is 0 Å². The smallest absolute Gasteiger partial charge is 0.160 e. The average Bonchev–Trinajstić information content (AvgIpc) is 3.84. The number of rotatable bonds is 3. The number of allylic oxidation sites excluding steroid dienone is 1. The first-order valence-corrected chi connectivity index (χ1v) is 17.5. The highest BCUT2D eigenvalue weighted by Gasteiger charge is 2.22. The van der Waals surface area contributed by atoms with E-state index >= 15 is 0 Å². The molecule has 1 aliphatic rings. The molecule has 1 aliphatic carbocycles. The zero-order valence-electron chi connectivity index (χ0n) is 26.4. The molecule has 0 fully saturated rings. The van der Waals surface area contributed by atoms with Crippen molar-refractivity contribution in [2.45, 2.75) is 12.8 Å². The minimum absolute atomic E-state index is 0.711. The number of nitrogens with zero attached hydrogens (tertiary/aromatic N) is 3. The van der Waals surface area contributed by atoms with Crippen LogP contribution >= 0.6 is 11.3 Å². The van der Waals surface area contributed by atoms with Crippen LogP contribution in [0.15, 0.2) is 138 Å². The Morgan fingerprint density at radius 3 is 2.43 bits per heavy atom. The normalized spacial score (nSPS) is 13.1. The second-order valence-electron chi connectivity index (χ2n) is 12.8. The maximum absolute atomic E-state index is 6.85. The van der Waals surface area contributed by atoms with Crippen molar-refractivity contribution in [3.8, 4) is 28.3 Å². The Morgan fingerprint density at radius 1 is 0.653 bits per heavy atom. The molecule has 6 aromatic carbocycles. The van der Waals surface area contributed by atoms with Gasteiger partial charge in [-0.1, -0.05) is 109 Å². The fraction of sp³-hybridized carbons (Fsp3) is 0.0455. The van der Waals surface area contributed by atoms with Crippen molar-refractivity contribution in [1.29, 1.82) is 0 Å². The molecule has 0 N–H and O–H groups in total. The predicted molar refractivity (Wildman–Crippen MR) is 205 cm³/mol. The van der Waals surface area contributed by atoms with E-state index in [9.17, 15) is 0 Å². The van der Waals surface area contributed by atoms with Gasteiger partial charge < -0.3 is 8.98 Å². The zero-order chi connectivity index (χ0) is 32.1. The summed E-state index contributed by atoms with van der Waals surface area (Å²) in [7, 11) is 0. The summed E-state index contributed by atoms with van der Waals surface area (Å²) in [4.78, 5) is 11.8. The molecule has 10 aromatic rings. The summed E-state index contributed by atoms with van der Waals surface area (Å²) in [5.74, 6) is 0.711. The van der Waals surface area contributed by atoms with E-state index in [-0.39, 0.29) is 0 Å².